The summed E-state index contributed by atoms with van der Waals surface area (Å²) in [4.78, 5) is 3.81. The van der Waals surface area contributed by atoms with Crippen molar-refractivity contribution in [2.24, 2.45) is 0 Å². The Morgan fingerprint density at radius 1 is 1.32 bits per heavy atom. The number of hydrogen-bond donors (Lipinski definition) is 2. The van der Waals surface area contributed by atoms with Crippen LogP contribution in [-0.2, 0) is 10.0 Å². The van der Waals surface area contributed by atoms with Crippen LogP contribution in [0.4, 0.5) is 6.01 Å². The number of benzene rings is 1. The summed E-state index contributed by atoms with van der Waals surface area (Å²) in [6.07, 6.45) is -0.650. The van der Waals surface area contributed by atoms with Gasteiger partial charge in [0.1, 0.15) is 0 Å². The molecule has 0 spiro atoms. The van der Waals surface area contributed by atoms with E-state index >= 15 is 0 Å². The minimum atomic E-state index is -3.77. The predicted molar refractivity (Wildman–Crippen MR) is 66.9 cm³/mol. The first-order valence-corrected chi connectivity index (χ1v) is 6.98. The lowest BCUT2D eigenvalue weighted by Crippen LogP contribution is -2.13. The standard InChI is InChI=1S/C11H13N3O4S/c1-7(15)9-3-5-10(6-4-9)19(16,17)14-11-12-8(2)13-18-11/h3-7,15H,1-2H3,(H,12,13,14). The fourth-order valence-electron chi connectivity index (χ4n) is 1.44. The Kier molecular flexibility index (Phi) is 3.54. The van der Waals surface area contributed by atoms with Gasteiger partial charge in [0.15, 0.2) is 5.82 Å². The molecule has 2 N–H and O–H groups in total. The van der Waals surface area contributed by atoms with Crippen LogP contribution in [0.1, 0.15) is 24.4 Å². The summed E-state index contributed by atoms with van der Waals surface area (Å²) in [6.45, 7) is 3.18. The highest BCUT2D eigenvalue weighted by atomic mass is 32.2. The van der Waals surface area contributed by atoms with Gasteiger partial charge in [-0.05, 0) is 31.5 Å². The van der Waals surface area contributed by atoms with Crippen molar-refractivity contribution in [2.75, 3.05) is 4.72 Å². The van der Waals surface area contributed by atoms with Crippen molar-refractivity contribution in [3.63, 3.8) is 0 Å². The molecule has 0 aliphatic rings. The first kappa shape index (κ1) is 13.5. The molecule has 19 heavy (non-hydrogen) atoms. The Bertz CT molecular complexity index is 662. The molecule has 7 nitrogen and oxygen atoms in total. The molecule has 0 amide bonds. The van der Waals surface area contributed by atoms with Gasteiger partial charge < -0.3 is 9.63 Å². The fourth-order valence-corrected chi connectivity index (χ4v) is 2.36. The fraction of sp³-hybridized carbons (Fsp3) is 0.273. The molecule has 0 saturated carbocycles. The predicted octanol–water partition coefficient (Wildman–Crippen LogP) is 1.23. The summed E-state index contributed by atoms with van der Waals surface area (Å²) in [7, 11) is -3.77. The first-order valence-electron chi connectivity index (χ1n) is 5.49. The second-order valence-corrected chi connectivity index (χ2v) is 5.68. The Hall–Kier alpha value is -1.93. The normalized spacial score (nSPS) is 13.2. The molecular weight excluding hydrogens is 270 g/mol. The third-order valence-electron chi connectivity index (χ3n) is 2.42. The molecule has 102 valence electrons. The number of rotatable bonds is 4. The lowest BCUT2D eigenvalue weighted by Gasteiger charge is -2.07. The largest absolute Gasteiger partial charge is 0.389 e. The maximum Gasteiger partial charge on any atom is 0.335 e. The van der Waals surface area contributed by atoms with E-state index < -0.39 is 16.1 Å². The molecule has 1 aromatic heterocycles. The lowest BCUT2D eigenvalue weighted by molar-refractivity contribution is 0.199. The number of anilines is 1. The van der Waals surface area contributed by atoms with Gasteiger partial charge in [0, 0.05) is 0 Å². The Labute approximate surface area is 110 Å². The van der Waals surface area contributed by atoms with E-state index in [2.05, 4.69) is 14.9 Å². The average molecular weight is 283 g/mol. The summed E-state index contributed by atoms with van der Waals surface area (Å²) < 4.78 is 30.8. The molecule has 0 aliphatic carbocycles. The molecule has 1 unspecified atom stereocenters. The van der Waals surface area contributed by atoms with E-state index in [-0.39, 0.29) is 10.9 Å². The number of nitrogens with one attached hydrogen (secondary N) is 1. The van der Waals surface area contributed by atoms with Crippen LogP contribution in [0.5, 0.6) is 0 Å². The van der Waals surface area contributed by atoms with Gasteiger partial charge in [-0.1, -0.05) is 17.3 Å². The number of nitrogens with zero attached hydrogens (tertiary/aromatic N) is 2. The van der Waals surface area contributed by atoms with Crippen LogP contribution in [0.15, 0.2) is 33.7 Å². The molecule has 1 heterocycles. The second-order valence-electron chi connectivity index (χ2n) is 4.00. The van der Waals surface area contributed by atoms with Gasteiger partial charge in [-0.25, -0.2) is 13.1 Å². The Balaban J connectivity index is 2.24. The van der Waals surface area contributed by atoms with Crippen molar-refractivity contribution in [1.82, 2.24) is 10.1 Å². The van der Waals surface area contributed by atoms with Crippen LogP contribution in [-0.4, -0.2) is 23.7 Å². The molecule has 0 radical (unpaired) electrons. The number of aliphatic hydroxyl groups excluding tert-OH is 1. The zero-order valence-electron chi connectivity index (χ0n) is 10.4. The van der Waals surface area contributed by atoms with E-state index in [4.69, 9.17) is 4.52 Å². The number of sulfonamides is 1. The molecule has 0 aliphatic heterocycles. The van der Waals surface area contributed by atoms with Crippen molar-refractivity contribution >= 4 is 16.0 Å². The smallest absolute Gasteiger partial charge is 0.335 e. The van der Waals surface area contributed by atoms with Gasteiger partial charge in [0.25, 0.3) is 10.0 Å². The van der Waals surface area contributed by atoms with E-state index in [0.29, 0.717) is 11.4 Å². The first-order chi connectivity index (χ1) is 8.88. The summed E-state index contributed by atoms with van der Waals surface area (Å²) in [5, 5.41) is 12.8. The molecule has 2 rings (SSSR count). The second kappa shape index (κ2) is 4.98. The summed E-state index contributed by atoms with van der Waals surface area (Å²) in [6, 6.07) is 5.69. The maximum absolute atomic E-state index is 12.0. The van der Waals surface area contributed by atoms with E-state index in [1.165, 1.54) is 24.3 Å². The third kappa shape index (κ3) is 3.09. The highest BCUT2D eigenvalue weighted by Crippen LogP contribution is 2.18. The number of aliphatic hydroxyl groups is 1. The minimum Gasteiger partial charge on any atom is -0.389 e. The SMILES string of the molecule is Cc1noc(NS(=O)(=O)c2ccc(C(C)O)cc2)n1. The van der Waals surface area contributed by atoms with Crippen molar-refractivity contribution < 1.29 is 18.0 Å². The molecule has 2 aromatic rings. The van der Waals surface area contributed by atoms with E-state index in [1.54, 1.807) is 13.8 Å². The van der Waals surface area contributed by atoms with Crippen LogP contribution in [0, 0.1) is 6.92 Å². The number of aryl methyl sites for hydroxylation is 1. The van der Waals surface area contributed by atoms with Crippen LogP contribution >= 0.6 is 0 Å². The zero-order valence-corrected chi connectivity index (χ0v) is 11.2. The van der Waals surface area contributed by atoms with Crippen LogP contribution in [0.2, 0.25) is 0 Å². The van der Waals surface area contributed by atoms with Gasteiger partial charge in [0.05, 0.1) is 11.0 Å². The molecule has 1 atom stereocenters. The highest BCUT2D eigenvalue weighted by molar-refractivity contribution is 7.92. The van der Waals surface area contributed by atoms with Gasteiger partial charge in [-0.3, -0.25) is 0 Å². The molecule has 0 bridgehead atoms. The molecule has 1 aromatic carbocycles. The van der Waals surface area contributed by atoms with Crippen molar-refractivity contribution in [3.8, 4) is 0 Å². The molecular formula is C11H13N3O4S. The van der Waals surface area contributed by atoms with Gasteiger partial charge in [-0.2, -0.15) is 4.98 Å². The van der Waals surface area contributed by atoms with Crippen molar-refractivity contribution in [3.05, 3.63) is 35.7 Å². The number of hydrogen-bond acceptors (Lipinski definition) is 6. The van der Waals surface area contributed by atoms with Crippen LogP contribution in [0.3, 0.4) is 0 Å². The quantitative estimate of drug-likeness (QED) is 0.874. The van der Waals surface area contributed by atoms with Crippen LogP contribution < -0.4 is 4.72 Å². The third-order valence-corrected chi connectivity index (χ3v) is 3.76. The monoisotopic (exact) mass is 283 g/mol. The van der Waals surface area contributed by atoms with Crippen LogP contribution in [0.25, 0.3) is 0 Å². The highest BCUT2D eigenvalue weighted by Gasteiger charge is 2.17. The number of aromatic nitrogens is 2. The molecule has 8 heteroatoms. The molecule has 0 fully saturated rings. The minimum absolute atomic E-state index is 0.0488. The van der Waals surface area contributed by atoms with Gasteiger partial charge >= 0.3 is 6.01 Å². The van der Waals surface area contributed by atoms with Crippen molar-refractivity contribution in [2.45, 2.75) is 24.8 Å². The van der Waals surface area contributed by atoms with Gasteiger partial charge in [0.2, 0.25) is 0 Å². The zero-order chi connectivity index (χ0) is 14.0. The summed E-state index contributed by atoms with van der Waals surface area (Å²) in [5.41, 5.74) is 0.632. The molecule has 0 saturated heterocycles. The van der Waals surface area contributed by atoms with Crippen molar-refractivity contribution in [1.29, 1.82) is 0 Å². The van der Waals surface area contributed by atoms with Gasteiger partial charge in [-0.15, -0.1) is 0 Å². The van der Waals surface area contributed by atoms with E-state index in [1.807, 2.05) is 0 Å². The Morgan fingerprint density at radius 3 is 2.42 bits per heavy atom. The lowest BCUT2D eigenvalue weighted by atomic mass is 10.1. The summed E-state index contributed by atoms with van der Waals surface area (Å²) >= 11 is 0. The maximum atomic E-state index is 12.0. The topological polar surface area (TPSA) is 105 Å². The Morgan fingerprint density at radius 2 is 1.95 bits per heavy atom. The van der Waals surface area contributed by atoms with E-state index in [0.717, 1.165) is 0 Å². The average Bonchev–Trinajstić information content (AvgIpc) is 2.74. The summed E-state index contributed by atoms with van der Waals surface area (Å²) in [5.74, 6) is 0.335. The van der Waals surface area contributed by atoms with E-state index in [9.17, 15) is 13.5 Å².